The lowest BCUT2D eigenvalue weighted by Gasteiger charge is -2.36. The summed E-state index contributed by atoms with van der Waals surface area (Å²) in [7, 11) is 0. The number of hydrogen-bond acceptors (Lipinski definition) is 5. The minimum absolute atomic E-state index is 0.189. The van der Waals surface area contributed by atoms with Crippen LogP contribution in [-0.2, 0) is 14.4 Å². The zero-order chi connectivity index (χ0) is 22.0. The summed E-state index contributed by atoms with van der Waals surface area (Å²) in [5, 5.41) is 11.6. The number of fused-ring (bicyclic) bond motifs is 1. The number of aliphatic carboxylic acids is 1. The quantitative estimate of drug-likeness (QED) is 0.737. The number of imide groups is 1. The van der Waals surface area contributed by atoms with E-state index in [1.54, 1.807) is 24.3 Å². The molecule has 0 bridgehead atoms. The maximum Gasteiger partial charge on any atom is 0.329 e. The zero-order valence-electron chi connectivity index (χ0n) is 16.6. The Kier molecular flexibility index (Phi) is 5.57. The zero-order valence-corrected chi connectivity index (χ0v) is 16.6. The number of carboxylic acids is 1. The highest BCUT2D eigenvalue weighted by Gasteiger charge is 2.49. The van der Waals surface area contributed by atoms with Crippen molar-refractivity contribution in [1.82, 2.24) is 10.2 Å². The summed E-state index contributed by atoms with van der Waals surface area (Å²) in [6.45, 7) is 0.289. The molecule has 2 heterocycles. The number of ether oxygens (including phenoxy) is 1. The molecule has 2 saturated heterocycles. The first-order chi connectivity index (χ1) is 14.9. The maximum atomic E-state index is 13.2. The third kappa shape index (κ3) is 4.20. The fourth-order valence-electron chi connectivity index (χ4n) is 3.87. The average Bonchev–Trinajstić information content (AvgIpc) is 3.18. The number of carbonyl (C=O) groups is 4. The highest BCUT2D eigenvalue weighted by atomic mass is 16.5. The third-order valence-corrected chi connectivity index (χ3v) is 5.33. The van der Waals surface area contributed by atoms with Crippen LogP contribution in [0.1, 0.15) is 19.3 Å². The molecule has 0 aromatic heterocycles. The molecule has 2 aromatic rings. The highest BCUT2D eigenvalue weighted by Crippen LogP contribution is 2.30. The summed E-state index contributed by atoms with van der Waals surface area (Å²) >= 11 is 0. The lowest BCUT2D eigenvalue weighted by atomic mass is 10.0. The summed E-state index contributed by atoms with van der Waals surface area (Å²) in [6.07, 6.45) is -0.0518. The van der Waals surface area contributed by atoms with Crippen molar-refractivity contribution >= 4 is 29.5 Å². The number of anilines is 1. The van der Waals surface area contributed by atoms with Gasteiger partial charge in [-0.05, 0) is 42.8 Å². The second kappa shape index (κ2) is 8.47. The first-order valence-electron chi connectivity index (χ1n) is 9.93. The maximum absolute atomic E-state index is 13.2. The molecule has 4 rings (SSSR count). The number of likely N-dealkylation sites (tertiary alicyclic amines) is 1. The molecule has 0 spiro atoms. The van der Waals surface area contributed by atoms with Crippen LogP contribution in [0.3, 0.4) is 0 Å². The molecule has 31 heavy (non-hydrogen) atoms. The van der Waals surface area contributed by atoms with Gasteiger partial charge in [-0.15, -0.1) is 0 Å². The Morgan fingerprint density at radius 2 is 1.68 bits per heavy atom. The van der Waals surface area contributed by atoms with E-state index in [-0.39, 0.29) is 19.4 Å². The van der Waals surface area contributed by atoms with Gasteiger partial charge in [0.15, 0.2) is 0 Å². The molecule has 2 fully saturated rings. The van der Waals surface area contributed by atoms with Crippen LogP contribution >= 0.6 is 0 Å². The van der Waals surface area contributed by atoms with E-state index in [0.717, 1.165) is 4.90 Å². The Hall–Kier alpha value is -3.88. The number of benzene rings is 2. The van der Waals surface area contributed by atoms with Gasteiger partial charge in [-0.25, -0.2) is 9.69 Å². The Balaban J connectivity index is 1.50. The van der Waals surface area contributed by atoms with Crippen molar-refractivity contribution in [3.05, 3.63) is 54.6 Å². The van der Waals surface area contributed by atoms with Crippen LogP contribution in [0.4, 0.5) is 10.5 Å². The van der Waals surface area contributed by atoms with Crippen LogP contribution < -0.4 is 15.0 Å². The molecular weight excluding hydrogens is 402 g/mol. The molecular formula is C22H21N3O6. The highest BCUT2D eigenvalue weighted by molar-refractivity contribution is 6.19. The van der Waals surface area contributed by atoms with Crippen LogP contribution in [0.15, 0.2) is 54.6 Å². The molecule has 9 heteroatoms. The number of rotatable bonds is 6. The van der Waals surface area contributed by atoms with Crippen LogP contribution in [0.2, 0.25) is 0 Å². The van der Waals surface area contributed by atoms with Gasteiger partial charge in [0.1, 0.15) is 17.5 Å². The lowest BCUT2D eigenvalue weighted by molar-refractivity contribution is -0.142. The van der Waals surface area contributed by atoms with Crippen molar-refractivity contribution < 1.29 is 29.0 Å². The van der Waals surface area contributed by atoms with Crippen molar-refractivity contribution in [3.63, 3.8) is 0 Å². The van der Waals surface area contributed by atoms with Gasteiger partial charge >= 0.3 is 12.0 Å². The molecule has 4 amide bonds. The van der Waals surface area contributed by atoms with Crippen LogP contribution in [0, 0.1) is 0 Å². The average molecular weight is 423 g/mol. The molecule has 2 atom stereocenters. The van der Waals surface area contributed by atoms with Gasteiger partial charge in [-0.2, -0.15) is 0 Å². The fourth-order valence-corrected chi connectivity index (χ4v) is 3.87. The van der Waals surface area contributed by atoms with E-state index in [0.29, 0.717) is 23.6 Å². The number of carboxylic acid groups (broad SMARTS) is 1. The van der Waals surface area contributed by atoms with Gasteiger partial charge in [-0.3, -0.25) is 14.4 Å². The molecule has 2 N–H and O–H groups in total. The number of hydrogen-bond donors (Lipinski definition) is 2. The molecule has 9 nitrogen and oxygen atoms in total. The number of nitrogens with one attached hydrogen (secondary N) is 1. The van der Waals surface area contributed by atoms with E-state index < -0.39 is 35.9 Å². The van der Waals surface area contributed by atoms with Gasteiger partial charge < -0.3 is 20.1 Å². The number of para-hydroxylation sites is 1. The first kappa shape index (κ1) is 20.4. The summed E-state index contributed by atoms with van der Waals surface area (Å²) in [4.78, 5) is 51.4. The van der Waals surface area contributed by atoms with E-state index >= 15 is 0 Å². The third-order valence-electron chi connectivity index (χ3n) is 5.33. The summed E-state index contributed by atoms with van der Waals surface area (Å²) in [5.74, 6) is -0.792. The number of urea groups is 1. The lowest BCUT2D eigenvalue weighted by Crippen LogP contribution is -2.65. The van der Waals surface area contributed by atoms with E-state index in [4.69, 9.17) is 9.84 Å². The van der Waals surface area contributed by atoms with E-state index in [1.165, 1.54) is 4.90 Å². The Bertz CT molecular complexity index is 1010. The Morgan fingerprint density at radius 3 is 2.35 bits per heavy atom. The molecule has 2 aliphatic heterocycles. The summed E-state index contributed by atoms with van der Waals surface area (Å²) in [6, 6.07) is 13.8. The largest absolute Gasteiger partial charge is 0.481 e. The Morgan fingerprint density at radius 1 is 1.00 bits per heavy atom. The van der Waals surface area contributed by atoms with Crippen molar-refractivity contribution in [2.24, 2.45) is 0 Å². The van der Waals surface area contributed by atoms with Crippen molar-refractivity contribution in [2.75, 3.05) is 11.4 Å². The first-order valence-corrected chi connectivity index (χ1v) is 9.93. The molecule has 0 radical (unpaired) electrons. The minimum Gasteiger partial charge on any atom is -0.481 e. The number of nitrogens with zero attached hydrogens (tertiary/aromatic N) is 2. The number of amides is 4. The number of carbonyl (C=O) groups excluding carboxylic acids is 3. The van der Waals surface area contributed by atoms with Gasteiger partial charge in [0.2, 0.25) is 5.91 Å². The predicted octanol–water partition coefficient (Wildman–Crippen LogP) is 2.37. The van der Waals surface area contributed by atoms with Gasteiger partial charge in [0.25, 0.3) is 5.91 Å². The topological polar surface area (TPSA) is 116 Å². The van der Waals surface area contributed by atoms with Crippen molar-refractivity contribution in [3.8, 4) is 11.5 Å². The van der Waals surface area contributed by atoms with E-state index in [9.17, 15) is 19.2 Å². The molecule has 0 aliphatic carbocycles. The normalized spacial score (nSPS) is 20.3. The smallest absolute Gasteiger partial charge is 0.329 e. The van der Waals surface area contributed by atoms with E-state index in [1.807, 2.05) is 30.3 Å². The monoisotopic (exact) mass is 423 g/mol. The summed E-state index contributed by atoms with van der Waals surface area (Å²) in [5.41, 5.74) is 0.353. The molecule has 2 aliphatic rings. The van der Waals surface area contributed by atoms with Crippen molar-refractivity contribution in [2.45, 2.75) is 31.3 Å². The molecule has 160 valence electrons. The minimum atomic E-state index is -1.08. The standard InChI is InChI=1S/C22H21N3O6/c26-18(10-11-19(27)28)24-13-12-17-20(24)21(29)25(22(30)23-17)14-6-8-16(9-7-14)31-15-4-2-1-3-5-15/h1-9,17,20H,10-13H2,(H,23,30)(H,27,28)/t17-,20+/m1/s1. The van der Waals surface area contributed by atoms with Gasteiger partial charge in [0, 0.05) is 13.0 Å². The SMILES string of the molecule is O=C(O)CCC(=O)N1CC[C@H]2NC(=O)N(c3ccc(Oc4ccccc4)cc3)C(=O)[C@H]21. The predicted molar refractivity (Wildman–Crippen MR) is 110 cm³/mol. The van der Waals surface area contributed by atoms with Crippen molar-refractivity contribution in [1.29, 1.82) is 0 Å². The van der Waals surface area contributed by atoms with Crippen LogP contribution in [-0.4, -0.2) is 52.4 Å². The second-order valence-corrected chi connectivity index (χ2v) is 7.35. The van der Waals surface area contributed by atoms with Crippen LogP contribution in [0.25, 0.3) is 0 Å². The molecule has 2 aromatic carbocycles. The van der Waals surface area contributed by atoms with Crippen LogP contribution in [0.5, 0.6) is 11.5 Å². The fraction of sp³-hybridized carbons (Fsp3) is 0.273. The van der Waals surface area contributed by atoms with E-state index in [2.05, 4.69) is 5.32 Å². The van der Waals surface area contributed by atoms with Gasteiger partial charge in [-0.1, -0.05) is 18.2 Å². The molecule has 0 saturated carbocycles. The Labute approximate surface area is 178 Å². The second-order valence-electron chi connectivity index (χ2n) is 7.35. The summed E-state index contributed by atoms with van der Waals surface area (Å²) < 4.78 is 5.73. The van der Waals surface area contributed by atoms with Gasteiger partial charge in [0.05, 0.1) is 18.2 Å². The molecule has 0 unspecified atom stereocenters.